The highest BCUT2D eigenvalue weighted by molar-refractivity contribution is 6.20. The number of phenolic OH excluding ortho intramolecular Hbond substituents is 2. The van der Waals surface area contributed by atoms with Gasteiger partial charge in [0, 0.05) is 28.0 Å². The van der Waals surface area contributed by atoms with Gasteiger partial charge in [-0.25, -0.2) is 4.99 Å². The van der Waals surface area contributed by atoms with Crippen molar-refractivity contribution in [1.29, 1.82) is 0 Å². The first-order valence-corrected chi connectivity index (χ1v) is 18.3. The minimum Gasteiger partial charge on any atom is -0.508 e. The molecule has 2 heterocycles. The Morgan fingerprint density at radius 1 is 0.500 bits per heavy atom. The number of aromatic amines is 1. The molecule has 320 valence electrons. The number of rotatable bonds is 6. The minimum atomic E-state index is -5.28. The smallest absolute Gasteiger partial charge is 0.416 e. The Hall–Kier alpha value is -6.71. The van der Waals surface area contributed by atoms with Gasteiger partial charge in [0.2, 0.25) is 0 Å². The molecule has 0 unspecified atom stereocenters. The van der Waals surface area contributed by atoms with Gasteiger partial charge in [-0.05, 0) is 151 Å². The van der Waals surface area contributed by atoms with Crippen LogP contribution < -0.4 is 0 Å². The Bertz CT molecular complexity index is 2730. The van der Waals surface area contributed by atoms with E-state index in [1.54, 1.807) is 32.9 Å². The second-order valence-corrected chi connectivity index (χ2v) is 14.7. The summed E-state index contributed by atoms with van der Waals surface area (Å²) in [6.07, 6.45) is -19.9. The van der Waals surface area contributed by atoms with Gasteiger partial charge in [0.15, 0.2) is 0 Å². The molecule has 1 aliphatic heterocycles. The summed E-state index contributed by atoms with van der Waals surface area (Å²) >= 11 is 0. The van der Waals surface area contributed by atoms with Gasteiger partial charge in [-0.1, -0.05) is 17.7 Å². The minimum absolute atomic E-state index is 0.0221. The number of aromatic hydroxyl groups is 2. The summed E-state index contributed by atoms with van der Waals surface area (Å²) in [6.45, 7) is 4.99. The Kier molecular flexibility index (Phi) is 10.7. The summed E-state index contributed by atoms with van der Waals surface area (Å²) in [5.74, 6) is -0.373. The van der Waals surface area contributed by atoms with Gasteiger partial charge in [-0.15, -0.1) is 0 Å². The highest BCUT2D eigenvalue weighted by atomic mass is 19.4. The van der Waals surface area contributed by atoms with Crippen molar-refractivity contribution in [2.24, 2.45) is 4.99 Å². The topological polar surface area (TPSA) is 68.6 Å². The molecule has 7 rings (SSSR count). The number of allylic oxidation sites excluding steroid dienone is 2. The molecule has 0 saturated heterocycles. The third kappa shape index (κ3) is 8.72. The SMILES string of the molecule is Cc1cc(C)c(/C(=C2/N=C(c3ccc(O)cc3)C=C2c2cc(C(F)(F)F)cc(C(F)(F)F)c2)c2[nH]c(-c3ccc(O)cc3)cc2-c2cc(C(F)(F)F)cc(C(F)(F)F)c2)c(C)c1. The van der Waals surface area contributed by atoms with Crippen LogP contribution in [-0.4, -0.2) is 20.9 Å². The third-order valence-electron chi connectivity index (χ3n) is 10.1. The fourth-order valence-corrected chi connectivity index (χ4v) is 7.44. The van der Waals surface area contributed by atoms with E-state index in [0.717, 1.165) is 0 Å². The first-order chi connectivity index (χ1) is 28.8. The zero-order chi connectivity index (χ0) is 45.3. The number of nitrogens with one attached hydrogen (secondary N) is 1. The predicted octanol–water partition coefficient (Wildman–Crippen LogP) is 14.1. The zero-order valence-electron chi connectivity index (χ0n) is 32.3. The van der Waals surface area contributed by atoms with Crippen LogP contribution in [0.15, 0.2) is 120 Å². The number of nitrogens with zero attached hydrogens (tertiary/aromatic N) is 1. The van der Waals surface area contributed by atoms with E-state index in [1.165, 1.54) is 60.7 Å². The van der Waals surface area contributed by atoms with Crippen LogP contribution in [0.4, 0.5) is 52.7 Å². The molecule has 1 aliphatic rings. The number of hydrogen-bond acceptors (Lipinski definition) is 3. The molecular formula is C46H30F12N2O2. The third-order valence-corrected chi connectivity index (χ3v) is 10.1. The van der Waals surface area contributed by atoms with Crippen LogP contribution in [0.3, 0.4) is 0 Å². The summed E-state index contributed by atoms with van der Waals surface area (Å²) in [7, 11) is 0. The Morgan fingerprint density at radius 2 is 0.919 bits per heavy atom. The van der Waals surface area contributed by atoms with E-state index < -0.39 is 58.1 Å². The molecule has 0 fully saturated rings. The number of H-pyrrole nitrogens is 1. The number of aryl methyl sites for hydroxylation is 3. The van der Waals surface area contributed by atoms with E-state index in [0.29, 0.717) is 41.0 Å². The average Bonchev–Trinajstić information content (AvgIpc) is 3.81. The Balaban J connectivity index is 1.69. The van der Waals surface area contributed by atoms with Crippen LogP contribution in [0.5, 0.6) is 11.5 Å². The highest BCUT2D eigenvalue weighted by Gasteiger charge is 2.40. The first-order valence-electron chi connectivity index (χ1n) is 18.3. The molecule has 1 aromatic heterocycles. The van der Waals surface area contributed by atoms with Gasteiger partial charge in [0.25, 0.3) is 0 Å². The number of aromatic nitrogens is 1. The van der Waals surface area contributed by atoms with Crippen molar-refractivity contribution in [2.75, 3.05) is 0 Å². The van der Waals surface area contributed by atoms with Gasteiger partial charge in [-0.2, -0.15) is 52.7 Å². The van der Waals surface area contributed by atoms with Crippen LogP contribution in [0, 0.1) is 20.8 Å². The van der Waals surface area contributed by atoms with Crippen LogP contribution in [0.2, 0.25) is 0 Å². The van der Waals surface area contributed by atoms with Crippen molar-refractivity contribution in [3.8, 4) is 33.9 Å². The molecule has 0 bridgehead atoms. The van der Waals surface area contributed by atoms with E-state index in [4.69, 9.17) is 4.99 Å². The fourth-order valence-electron chi connectivity index (χ4n) is 7.44. The van der Waals surface area contributed by atoms with Gasteiger partial charge < -0.3 is 15.2 Å². The summed E-state index contributed by atoms with van der Waals surface area (Å²) in [5.41, 5.74) is -6.61. The lowest BCUT2D eigenvalue weighted by atomic mass is 9.85. The number of alkyl halides is 12. The van der Waals surface area contributed by atoms with E-state index in [2.05, 4.69) is 4.98 Å². The maximum absolute atomic E-state index is 14.4. The first kappa shape index (κ1) is 43.4. The second kappa shape index (κ2) is 15.3. The molecule has 5 aromatic carbocycles. The van der Waals surface area contributed by atoms with Crippen LogP contribution in [0.25, 0.3) is 33.5 Å². The molecule has 6 aromatic rings. The Morgan fingerprint density at radius 3 is 1.35 bits per heavy atom. The summed E-state index contributed by atoms with van der Waals surface area (Å²) in [4.78, 5) is 7.87. The molecule has 62 heavy (non-hydrogen) atoms. The van der Waals surface area contributed by atoms with Crippen LogP contribution in [-0.2, 0) is 24.7 Å². The normalized spacial score (nSPS) is 14.6. The molecular weight excluding hydrogens is 840 g/mol. The number of benzene rings is 5. The van der Waals surface area contributed by atoms with Gasteiger partial charge >= 0.3 is 24.7 Å². The summed E-state index contributed by atoms with van der Waals surface area (Å²) < 4.78 is 172. The lowest BCUT2D eigenvalue weighted by molar-refractivity contribution is -0.144. The number of halogens is 12. The lowest BCUT2D eigenvalue weighted by Gasteiger charge is -2.21. The number of hydrogen-bond donors (Lipinski definition) is 3. The number of phenols is 2. The van der Waals surface area contributed by atoms with E-state index >= 15 is 0 Å². The predicted molar refractivity (Wildman–Crippen MR) is 209 cm³/mol. The summed E-state index contributed by atoms with van der Waals surface area (Å²) in [6, 6.07) is 17.1. The monoisotopic (exact) mass is 870 g/mol. The molecule has 0 amide bonds. The highest BCUT2D eigenvalue weighted by Crippen LogP contribution is 2.48. The molecule has 0 saturated carbocycles. The van der Waals surface area contributed by atoms with Gasteiger partial charge in [-0.3, -0.25) is 0 Å². The lowest BCUT2D eigenvalue weighted by Crippen LogP contribution is -2.12. The molecule has 4 nitrogen and oxygen atoms in total. The van der Waals surface area contributed by atoms with Crippen molar-refractivity contribution < 1.29 is 62.9 Å². The quantitative estimate of drug-likeness (QED) is 0.146. The molecule has 0 spiro atoms. The standard InChI is InChI=1S/C46H30F12N2O2/c1-22-12-23(2)39(24(3)13-22)40(41-35(20-37(59-41)25-4-8-33(61)9-5-25)27-14-29(43(47,48)49)18-30(15-27)44(50,51)52)42-36(21-38(60-42)26-6-10-34(62)11-7-26)28-16-31(45(53,54)55)19-32(17-28)46(56,57)58/h4-21,59,61-62H,1-3H3/b42-40-. The molecule has 16 heteroatoms. The van der Waals surface area contributed by atoms with Crippen LogP contribution in [0.1, 0.15) is 61.3 Å². The van der Waals surface area contributed by atoms with E-state index in [9.17, 15) is 62.9 Å². The molecule has 3 N–H and O–H groups in total. The van der Waals surface area contributed by atoms with E-state index in [-0.39, 0.29) is 79.8 Å². The van der Waals surface area contributed by atoms with Gasteiger partial charge in [0.05, 0.1) is 39.4 Å². The second-order valence-electron chi connectivity index (χ2n) is 14.7. The largest absolute Gasteiger partial charge is 0.508 e. The molecule has 0 atom stereocenters. The summed E-state index contributed by atoms with van der Waals surface area (Å²) in [5, 5.41) is 20.0. The van der Waals surface area contributed by atoms with E-state index in [1.807, 2.05) is 0 Å². The van der Waals surface area contributed by atoms with Crippen molar-refractivity contribution >= 4 is 16.9 Å². The Labute approximate surface area is 344 Å². The van der Waals surface area contributed by atoms with Gasteiger partial charge in [0.1, 0.15) is 11.5 Å². The van der Waals surface area contributed by atoms with Crippen molar-refractivity contribution in [2.45, 2.75) is 45.5 Å². The maximum Gasteiger partial charge on any atom is 0.416 e. The molecule has 0 aliphatic carbocycles. The maximum atomic E-state index is 14.4. The van der Waals surface area contributed by atoms with Crippen molar-refractivity contribution in [3.63, 3.8) is 0 Å². The average molecular weight is 871 g/mol. The van der Waals surface area contributed by atoms with Crippen LogP contribution >= 0.6 is 0 Å². The van der Waals surface area contributed by atoms with Crippen molar-refractivity contribution in [1.82, 2.24) is 4.98 Å². The number of aliphatic imine (C=N–C) groups is 1. The molecule has 0 radical (unpaired) electrons. The van der Waals surface area contributed by atoms with Crippen molar-refractivity contribution in [3.05, 3.63) is 176 Å². The fraction of sp³-hybridized carbons (Fsp3) is 0.152. The zero-order valence-corrected chi connectivity index (χ0v) is 32.3.